The zero-order valence-corrected chi connectivity index (χ0v) is 10.4. The molecule has 1 heterocycles. The molecule has 94 valence electrons. The molecule has 0 aliphatic rings. The second-order valence-corrected chi connectivity index (χ2v) is 4.26. The fraction of sp³-hybridized carbons (Fsp3) is 0.231. The lowest BCUT2D eigenvalue weighted by molar-refractivity contribution is -0.117. The molecule has 0 saturated carbocycles. The van der Waals surface area contributed by atoms with E-state index in [-0.39, 0.29) is 11.8 Å². The van der Waals surface area contributed by atoms with Gasteiger partial charge in [0.2, 0.25) is 5.91 Å². The number of anilines is 2. The molecule has 0 radical (unpaired) electrons. The Morgan fingerprint density at radius 1 is 1.44 bits per heavy atom. The van der Waals surface area contributed by atoms with Crippen LogP contribution >= 0.6 is 0 Å². The van der Waals surface area contributed by atoms with Gasteiger partial charge in [0.25, 0.3) is 0 Å². The average Bonchev–Trinajstić information content (AvgIpc) is 2.73. The summed E-state index contributed by atoms with van der Waals surface area (Å²) in [7, 11) is 1.80. The van der Waals surface area contributed by atoms with Gasteiger partial charge in [-0.3, -0.25) is 9.48 Å². The number of nitrogens with two attached hydrogens (primary N) is 1. The number of nitrogen functional groups attached to an aromatic ring is 1. The Kier molecular flexibility index (Phi) is 3.32. The first kappa shape index (κ1) is 12.2. The normalized spacial score (nSPS) is 12.1. The first-order valence-corrected chi connectivity index (χ1v) is 5.72. The smallest absolute Gasteiger partial charge is 0.232 e. The van der Waals surface area contributed by atoms with Crippen LogP contribution in [0.25, 0.3) is 0 Å². The monoisotopic (exact) mass is 244 g/mol. The van der Waals surface area contributed by atoms with E-state index >= 15 is 0 Å². The van der Waals surface area contributed by atoms with E-state index in [4.69, 9.17) is 5.73 Å². The molecule has 2 aromatic rings. The quantitative estimate of drug-likeness (QED) is 0.808. The fourth-order valence-electron chi connectivity index (χ4n) is 1.70. The highest BCUT2D eigenvalue weighted by Crippen LogP contribution is 2.19. The highest BCUT2D eigenvalue weighted by Gasteiger charge is 2.16. The molecular weight excluding hydrogens is 228 g/mol. The van der Waals surface area contributed by atoms with E-state index in [1.807, 2.05) is 25.1 Å². The highest BCUT2D eigenvalue weighted by atomic mass is 16.1. The largest absolute Gasteiger partial charge is 0.399 e. The summed E-state index contributed by atoms with van der Waals surface area (Å²) >= 11 is 0. The number of aryl methyl sites for hydroxylation is 1. The molecule has 3 N–H and O–H groups in total. The van der Waals surface area contributed by atoms with E-state index in [1.54, 1.807) is 30.1 Å². The third-order valence-corrected chi connectivity index (χ3v) is 2.77. The van der Waals surface area contributed by atoms with Gasteiger partial charge in [0, 0.05) is 25.0 Å². The number of rotatable bonds is 3. The number of hydrogen-bond donors (Lipinski definition) is 2. The number of aromatic nitrogens is 2. The van der Waals surface area contributed by atoms with E-state index in [0.717, 1.165) is 5.56 Å². The minimum Gasteiger partial charge on any atom is -0.399 e. The molecule has 0 aliphatic heterocycles. The van der Waals surface area contributed by atoms with Crippen LogP contribution in [0, 0.1) is 0 Å². The van der Waals surface area contributed by atoms with E-state index in [1.165, 1.54) is 0 Å². The Morgan fingerprint density at radius 2 is 2.22 bits per heavy atom. The molecule has 2 rings (SSSR count). The van der Waals surface area contributed by atoms with Crippen molar-refractivity contribution < 1.29 is 4.79 Å². The number of nitrogens with one attached hydrogen (secondary N) is 1. The van der Waals surface area contributed by atoms with Crippen molar-refractivity contribution in [2.45, 2.75) is 12.8 Å². The second-order valence-electron chi connectivity index (χ2n) is 4.26. The zero-order chi connectivity index (χ0) is 13.1. The molecule has 1 aromatic carbocycles. The summed E-state index contributed by atoms with van der Waals surface area (Å²) in [6.45, 7) is 1.84. The summed E-state index contributed by atoms with van der Waals surface area (Å²) in [6, 6.07) is 9.09. The Labute approximate surface area is 106 Å². The summed E-state index contributed by atoms with van der Waals surface area (Å²) in [5, 5.41) is 6.87. The van der Waals surface area contributed by atoms with Gasteiger partial charge in [-0.05, 0) is 24.6 Å². The SMILES string of the molecule is CC(C(=O)Nc1ccn(C)n1)c1cccc(N)c1. The van der Waals surface area contributed by atoms with Gasteiger partial charge in [0.15, 0.2) is 5.82 Å². The van der Waals surface area contributed by atoms with E-state index in [0.29, 0.717) is 11.5 Å². The lowest BCUT2D eigenvalue weighted by Crippen LogP contribution is -2.19. The minimum absolute atomic E-state index is 0.0979. The molecule has 1 unspecified atom stereocenters. The van der Waals surface area contributed by atoms with Crippen LogP contribution in [0.5, 0.6) is 0 Å². The number of carbonyl (C=O) groups is 1. The van der Waals surface area contributed by atoms with Crippen LogP contribution < -0.4 is 11.1 Å². The van der Waals surface area contributed by atoms with Crippen LogP contribution in [0.3, 0.4) is 0 Å². The molecule has 1 amide bonds. The van der Waals surface area contributed by atoms with E-state index < -0.39 is 0 Å². The maximum Gasteiger partial charge on any atom is 0.232 e. The van der Waals surface area contributed by atoms with E-state index in [2.05, 4.69) is 10.4 Å². The standard InChI is InChI=1S/C13H16N4O/c1-9(10-4-3-5-11(14)8-10)13(18)15-12-6-7-17(2)16-12/h3-9H,14H2,1-2H3,(H,15,16,18). The number of amides is 1. The molecule has 0 spiro atoms. The van der Waals surface area contributed by atoms with Gasteiger partial charge in [0.05, 0.1) is 5.92 Å². The molecule has 18 heavy (non-hydrogen) atoms. The van der Waals surface area contributed by atoms with Crippen LogP contribution in [0.4, 0.5) is 11.5 Å². The summed E-state index contributed by atoms with van der Waals surface area (Å²) in [4.78, 5) is 12.0. The van der Waals surface area contributed by atoms with Gasteiger partial charge < -0.3 is 11.1 Å². The summed E-state index contributed by atoms with van der Waals surface area (Å²) in [5.41, 5.74) is 7.25. The van der Waals surface area contributed by atoms with E-state index in [9.17, 15) is 4.79 Å². The van der Waals surface area contributed by atoms with Crippen molar-refractivity contribution >= 4 is 17.4 Å². The van der Waals surface area contributed by atoms with Gasteiger partial charge in [-0.2, -0.15) is 5.10 Å². The Balaban J connectivity index is 2.09. The zero-order valence-electron chi connectivity index (χ0n) is 10.4. The number of hydrogen-bond acceptors (Lipinski definition) is 3. The molecule has 1 atom stereocenters. The van der Waals surface area contributed by atoms with Gasteiger partial charge in [0.1, 0.15) is 0 Å². The summed E-state index contributed by atoms with van der Waals surface area (Å²) in [6.07, 6.45) is 1.78. The van der Waals surface area contributed by atoms with Gasteiger partial charge >= 0.3 is 0 Å². The Hall–Kier alpha value is -2.30. The molecule has 0 bridgehead atoms. The maximum absolute atomic E-state index is 12.0. The van der Waals surface area contributed by atoms with Gasteiger partial charge in [-0.15, -0.1) is 0 Å². The lowest BCUT2D eigenvalue weighted by Gasteiger charge is -2.11. The van der Waals surface area contributed by atoms with Crippen molar-refractivity contribution in [2.75, 3.05) is 11.1 Å². The fourth-order valence-corrected chi connectivity index (χ4v) is 1.70. The average molecular weight is 244 g/mol. The van der Waals surface area contributed by atoms with Crippen molar-refractivity contribution in [3.8, 4) is 0 Å². The number of nitrogens with zero attached hydrogens (tertiary/aromatic N) is 2. The molecule has 5 heteroatoms. The maximum atomic E-state index is 12.0. The number of carbonyl (C=O) groups excluding carboxylic acids is 1. The van der Waals surface area contributed by atoms with Gasteiger partial charge in [-0.1, -0.05) is 12.1 Å². The molecule has 0 aliphatic carbocycles. The van der Waals surface area contributed by atoms with Crippen molar-refractivity contribution in [3.05, 3.63) is 42.1 Å². The van der Waals surface area contributed by atoms with Crippen molar-refractivity contribution in [2.24, 2.45) is 7.05 Å². The molecule has 0 saturated heterocycles. The van der Waals surface area contributed by atoms with Crippen LogP contribution in [0.2, 0.25) is 0 Å². The third-order valence-electron chi connectivity index (χ3n) is 2.77. The first-order chi connectivity index (χ1) is 8.56. The molecule has 1 aromatic heterocycles. The minimum atomic E-state index is -0.268. The first-order valence-electron chi connectivity index (χ1n) is 5.72. The second kappa shape index (κ2) is 4.91. The van der Waals surface area contributed by atoms with Crippen molar-refractivity contribution in [1.82, 2.24) is 9.78 Å². The van der Waals surface area contributed by atoms with Crippen molar-refractivity contribution in [3.63, 3.8) is 0 Å². The molecule has 5 nitrogen and oxygen atoms in total. The predicted molar refractivity (Wildman–Crippen MR) is 71.1 cm³/mol. The Bertz CT molecular complexity index is 562. The summed E-state index contributed by atoms with van der Waals surface area (Å²) in [5.74, 6) is 0.188. The number of benzene rings is 1. The third kappa shape index (κ3) is 2.68. The van der Waals surface area contributed by atoms with Crippen LogP contribution in [-0.2, 0) is 11.8 Å². The molecule has 0 fully saturated rings. The molecular formula is C13H16N4O. The van der Waals surface area contributed by atoms with Gasteiger partial charge in [-0.25, -0.2) is 0 Å². The van der Waals surface area contributed by atoms with Crippen LogP contribution in [-0.4, -0.2) is 15.7 Å². The predicted octanol–water partition coefficient (Wildman–Crippen LogP) is 1.74. The van der Waals surface area contributed by atoms with Crippen LogP contribution in [0.1, 0.15) is 18.4 Å². The Morgan fingerprint density at radius 3 is 2.83 bits per heavy atom. The van der Waals surface area contributed by atoms with Crippen LogP contribution in [0.15, 0.2) is 36.5 Å². The van der Waals surface area contributed by atoms with Crippen molar-refractivity contribution in [1.29, 1.82) is 0 Å². The highest BCUT2D eigenvalue weighted by molar-refractivity contribution is 5.94. The summed E-state index contributed by atoms with van der Waals surface area (Å²) < 4.78 is 1.64. The lowest BCUT2D eigenvalue weighted by atomic mass is 10.00. The topological polar surface area (TPSA) is 72.9 Å².